The topological polar surface area (TPSA) is 78.9 Å². The van der Waals surface area contributed by atoms with Gasteiger partial charge in [-0.1, -0.05) is 42.5 Å². The summed E-state index contributed by atoms with van der Waals surface area (Å²) in [6, 6.07) is 23.3. The maximum absolute atomic E-state index is 13.2. The van der Waals surface area contributed by atoms with Crippen molar-refractivity contribution in [2.75, 3.05) is 38.1 Å². The highest BCUT2D eigenvalue weighted by atomic mass is 32.2. The van der Waals surface area contributed by atoms with E-state index in [0.29, 0.717) is 23.5 Å². The third kappa shape index (κ3) is 5.49. The van der Waals surface area contributed by atoms with Crippen LogP contribution in [0.5, 0.6) is 5.75 Å². The lowest BCUT2D eigenvalue weighted by atomic mass is 10.1. The van der Waals surface area contributed by atoms with Crippen LogP contribution in [0.1, 0.15) is 34.8 Å². The largest absolute Gasteiger partial charge is 0.495 e. The predicted octanol–water partition coefficient (Wildman–Crippen LogP) is 4.09. The molecule has 7 nitrogen and oxygen atoms in total. The van der Waals surface area contributed by atoms with Gasteiger partial charge in [-0.2, -0.15) is 0 Å². The summed E-state index contributed by atoms with van der Waals surface area (Å²) in [6.45, 7) is 2.52. The van der Waals surface area contributed by atoms with Crippen LogP contribution >= 0.6 is 0 Å². The van der Waals surface area contributed by atoms with Crippen molar-refractivity contribution < 1.29 is 17.9 Å². The monoisotopic (exact) mass is 493 g/mol. The highest BCUT2D eigenvalue weighted by Crippen LogP contribution is 2.31. The molecule has 1 heterocycles. The number of para-hydroxylation sites is 2. The van der Waals surface area contributed by atoms with Crippen LogP contribution in [0.25, 0.3) is 0 Å². The Morgan fingerprint density at radius 1 is 0.971 bits per heavy atom. The van der Waals surface area contributed by atoms with Gasteiger partial charge in [0.15, 0.2) is 0 Å². The zero-order valence-electron chi connectivity index (χ0n) is 20.1. The second-order valence-corrected chi connectivity index (χ2v) is 10.5. The fourth-order valence-corrected chi connectivity index (χ4v) is 5.64. The maximum Gasteiger partial charge on any atom is 0.264 e. The fraction of sp³-hybridized carbons (Fsp3) is 0.296. The van der Waals surface area contributed by atoms with Crippen molar-refractivity contribution in [3.63, 3.8) is 0 Å². The number of carbonyl (C=O) groups is 1. The third-order valence-electron chi connectivity index (χ3n) is 6.42. The molecule has 8 heteroatoms. The molecule has 1 amide bonds. The van der Waals surface area contributed by atoms with Crippen LogP contribution in [0, 0.1) is 0 Å². The Morgan fingerprint density at radius 3 is 2.26 bits per heavy atom. The van der Waals surface area contributed by atoms with Crippen molar-refractivity contribution >= 4 is 21.6 Å². The number of methoxy groups -OCH3 is 1. The standard InChI is InChI=1S/C27H31N3O4S/c1-29(24-12-6-7-13-26(24)34-2)35(32,33)23-16-14-22(15-17-23)27(31)28-20-25(30-18-8-9-19-30)21-10-4-3-5-11-21/h3-7,10-17,25H,8-9,18-20H2,1-2H3,(H,28,31). The SMILES string of the molecule is COc1ccccc1N(C)S(=O)(=O)c1ccc(C(=O)NCC(c2ccccc2)N2CCCC2)cc1. The van der Waals surface area contributed by atoms with Gasteiger partial charge in [-0.05, 0) is 67.9 Å². The zero-order valence-corrected chi connectivity index (χ0v) is 20.9. The Morgan fingerprint density at radius 2 is 1.60 bits per heavy atom. The van der Waals surface area contributed by atoms with E-state index in [-0.39, 0.29) is 16.8 Å². The van der Waals surface area contributed by atoms with E-state index in [1.807, 2.05) is 18.2 Å². The van der Waals surface area contributed by atoms with Crippen LogP contribution in [-0.2, 0) is 10.0 Å². The van der Waals surface area contributed by atoms with E-state index in [9.17, 15) is 13.2 Å². The van der Waals surface area contributed by atoms with Crippen molar-refractivity contribution in [2.45, 2.75) is 23.8 Å². The molecule has 184 valence electrons. The first kappa shape index (κ1) is 24.8. The first-order chi connectivity index (χ1) is 16.9. The molecule has 3 aromatic carbocycles. The Balaban J connectivity index is 1.46. The quantitative estimate of drug-likeness (QED) is 0.486. The van der Waals surface area contributed by atoms with Crippen molar-refractivity contribution in [3.8, 4) is 5.75 Å². The van der Waals surface area contributed by atoms with Gasteiger partial charge in [-0.15, -0.1) is 0 Å². The van der Waals surface area contributed by atoms with Gasteiger partial charge in [0, 0.05) is 19.2 Å². The minimum atomic E-state index is -3.82. The summed E-state index contributed by atoms with van der Waals surface area (Å²) in [5.74, 6) is 0.229. The average Bonchev–Trinajstić information content (AvgIpc) is 3.43. The number of nitrogens with zero attached hydrogens (tertiary/aromatic N) is 2. The molecule has 1 atom stereocenters. The lowest BCUT2D eigenvalue weighted by Gasteiger charge is -2.28. The fourth-order valence-electron chi connectivity index (χ4n) is 4.43. The molecule has 1 unspecified atom stereocenters. The molecule has 1 fully saturated rings. The number of amides is 1. The number of benzene rings is 3. The molecule has 0 radical (unpaired) electrons. The van der Waals surface area contributed by atoms with Gasteiger partial charge in [-0.3, -0.25) is 14.0 Å². The van der Waals surface area contributed by atoms with E-state index in [2.05, 4.69) is 22.3 Å². The van der Waals surface area contributed by atoms with Crippen LogP contribution in [0.15, 0.2) is 83.8 Å². The predicted molar refractivity (Wildman–Crippen MR) is 137 cm³/mol. The van der Waals surface area contributed by atoms with Crippen LogP contribution < -0.4 is 14.4 Å². The molecule has 1 aliphatic rings. The van der Waals surface area contributed by atoms with Gasteiger partial charge < -0.3 is 10.1 Å². The molecule has 4 rings (SSSR count). The first-order valence-electron chi connectivity index (χ1n) is 11.7. The highest BCUT2D eigenvalue weighted by molar-refractivity contribution is 7.92. The smallest absolute Gasteiger partial charge is 0.264 e. The van der Waals surface area contributed by atoms with Gasteiger partial charge in [0.1, 0.15) is 5.75 Å². The number of carbonyl (C=O) groups excluding carboxylic acids is 1. The Bertz CT molecular complexity index is 1240. The lowest BCUT2D eigenvalue weighted by molar-refractivity contribution is 0.0938. The molecule has 1 saturated heterocycles. The Hall–Kier alpha value is -3.36. The van der Waals surface area contributed by atoms with Gasteiger partial charge in [0.05, 0.1) is 23.7 Å². The minimum absolute atomic E-state index is 0.0988. The molecule has 0 saturated carbocycles. The number of rotatable bonds is 9. The van der Waals surface area contributed by atoms with E-state index in [1.54, 1.807) is 36.4 Å². The first-order valence-corrected chi connectivity index (χ1v) is 13.1. The summed E-state index contributed by atoms with van der Waals surface area (Å²) in [4.78, 5) is 15.4. The molecule has 1 N–H and O–H groups in total. The molecule has 0 spiro atoms. The number of sulfonamides is 1. The normalized spacial score (nSPS) is 14.9. The summed E-state index contributed by atoms with van der Waals surface area (Å²) in [5.41, 5.74) is 2.03. The summed E-state index contributed by atoms with van der Waals surface area (Å²) in [5, 5.41) is 3.04. The second kappa shape index (κ2) is 10.9. The number of likely N-dealkylation sites (tertiary alicyclic amines) is 1. The zero-order chi connectivity index (χ0) is 24.8. The van der Waals surface area contributed by atoms with Crippen molar-refractivity contribution in [1.82, 2.24) is 10.2 Å². The number of anilines is 1. The van der Waals surface area contributed by atoms with Crippen LogP contribution in [0.2, 0.25) is 0 Å². The van der Waals surface area contributed by atoms with E-state index in [4.69, 9.17) is 4.74 Å². The van der Waals surface area contributed by atoms with Gasteiger partial charge >= 0.3 is 0 Å². The van der Waals surface area contributed by atoms with E-state index < -0.39 is 10.0 Å². The Kier molecular flexibility index (Phi) is 7.73. The third-order valence-corrected chi connectivity index (χ3v) is 8.21. The van der Waals surface area contributed by atoms with Gasteiger partial charge in [0.25, 0.3) is 15.9 Å². The summed E-state index contributed by atoms with van der Waals surface area (Å²) < 4.78 is 32.8. The molecule has 3 aromatic rings. The van der Waals surface area contributed by atoms with Crippen LogP contribution in [-0.4, -0.2) is 53.0 Å². The number of nitrogens with one attached hydrogen (secondary N) is 1. The minimum Gasteiger partial charge on any atom is -0.495 e. The number of hydrogen-bond acceptors (Lipinski definition) is 5. The van der Waals surface area contributed by atoms with E-state index in [0.717, 1.165) is 25.9 Å². The molecule has 0 bridgehead atoms. The highest BCUT2D eigenvalue weighted by Gasteiger charge is 2.25. The average molecular weight is 494 g/mol. The van der Waals surface area contributed by atoms with Gasteiger partial charge in [0.2, 0.25) is 0 Å². The van der Waals surface area contributed by atoms with E-state index in [1.165, 1.54) is 36.2 Å². The van der Waals surface area contributed by atoms with E-state index >= 15 is 0 Å². The molecule has 1 aliphatic heterocycles. The summed E-state index contributed by atoms with van der Waals surface area (Å²) in [7, 11) is -0.844. The van der Waals surface area contributed by atoms with Crippen molar-refractivity contribution in [1.29, 1.82) is 0 Å². The maximum atomic E-state index is 13.2. The van der Waals surface area contributed by atoms with Crippen molar-refractivity contribution in [3.05, 3.63) is 90.0 Å². The van der Waals surface area contributed by atoms with Crippen molar-refractivity contribution in [2.24, 2.45) is 0 Å². The van der Waals surface area contributed by atoms with Crippen LogP contribution in [0.4, 0.5) is 5.69 Å². The number of hydrogen-bond donors (Lipinski definition) is 1. The van der Waals surface area contributed by atoms with Crippen LogP contribution in [0.3, 0.4) is 0 Å². The molecule has 0 aliphatic carbocycles. The summed E-state index contributed by atoms with van der Waals surface area (Å²) in [6.07, 6.45) is 2.33. The molecular formula is C27H31N3O4S. The Labute approximate surface area is 207 Å². The molecule has 0 aromatic heterocycles. The molecule has 35 heavy (non-hydrogen) atoms. The molecular weight excluding hydrogens is 462 g/mol. The summed E-state index contributed by atoms with van der Waals surface area (Å²) >= 11 is 0. The lowest BCUT2D eigenvalue weighted by Crippen LogP contribution is -2.36. The second-order valence-electron chi connectivity index (χ2n) is 8.55. The number of ether oxygens (including phenoxy) is 1. The van der Waals surface area contributed by atoms with Gasteiger partial charge in [-0.25, -0.2) is 8.42 Å².